The predicted octanol–water partition coefficient (Wildman–Crippen LogP) is 1.29. The summed E-state index contributed by atoms with van der Waals surface area (Å²) in [5.74, 6) is -4.51. The molecule has 0 aromatic heterocycles. The Balaban J connectivity index is 2.24. The minimum Gasteiger partial charge on any atom is -0.311 e. The Kier molecular flexibility index (Phi) is 4.63. The molecule has 0 aromatic carbocycles. The van der Waals surface area contributed by atoms with Gasteiger partial charge in [0.2, 0.25) is 0 Å². The lowest BCUT2D eigenvalue weighted by Gasteiger charge is -2.17. The van der Waals surface area contributed by atoms with Gasteiger partial charge >= 0.3 is 0 Å². The Labute approximate surface area is 94.2 Å². The fourth-order valence-corrected chi connectivity index (χ4v) is 2.63. The van der Waals surface area contributed by atoms with E-state index in [0.29, 0.717) is 12.5 Å². The molecular formula is C9H17F2NO3S. The largest absolute Gasteiger partial charge is 0.311 e. The third kappa shape index (κ3) is 5.72. The summed E-state index contributed by atoms with van der Waals surface area (Å²) in [6.45, 7) is -0.218. The first-order valence-corrected chi connectivity index (χ1v) is 6.93. The van der Waals surface area contributed by atoms with Crippen molar-refractivity contribution in [1.82, 2.24) is 5.32 Å². The summed E-state index contributed by atoms with van der Waals surface area (Å²) in [7, 11) is -4.62. The average Bonchev–Trinajstić information content (AvgIpc) is 2.51. The zero-order valence-electron chi connectivity index (χ0n) is 8.95. The molecule has 0 heterocycles. The summed E-state index contributed by atoms with van der Waals surface area (Å²) in [6, 6.07) is 0. The smallest absolute Gasteiger partial charge is 0.276 e. The van der Waals surface area contributed by atoms with Gasteiger partial charge in [-0.05, 0) is 25.3 Å². The van der Waals surface area contributed by atoms with Crippen LogP contribution in [0.25, 0.3) is 0 Å². The first kappa shape index (κ1) is 13.8. The maximum absolute atomic E-state index is 13.0. The number of halogens is 2. The van der Waals surface area contributed by atoms with Gasteiger partial charge in [-0.25, -0.2) is 8.78 Å². The summed E-state index contributed by atoms with van der Waals surface area (Å²) >= 11 is 0. The Hall–Kier alpha value is -0.270. The second kappa shape index (κ2) is 5.37. The van der Waals surface area contributed by atoms with Gasteiger partial charge in [-0.1, -0.05) is 12.8 Å². The van der Waals surface area contributed by atoms with Crippen LogP contribution in [0.1, 0.15) is 25.7 Å². The van der Waals surface area contributed by atoms with Gasteiger partial charge < -0.3 is 5.32 Å². The summed E-state index contributed by atoms with van der Waals surface area (Å²) in [5.41, 5.74) is 0. The Morgan fingerprint density at radius 3 is 2.38 bits per heavy atom. The molecule has 0 saturated heterocycles. The van der Waals surface area contributed by atoms with Gasteiger partial charge in [-0.15, -0.1) is 0 Å². The summed E-state index contributed by atoms with van der Waals surface area (Å²) in [4.78, 5) is 0. The second-order valence-electron chi connectivity index (χ2n) is 4.36. The third-order valence-electron chi connectivity index (χ3n) is 2.68. The molecule has 0 aromatic rings. The van der Waals surface area contributed by atoms with E-state index in [1.165, 1.54) is 0 Å². The van der Waals surface area contributed by atoms with Crippen molar-refractivity contribution in [2.45, 2.75) is 31.6 Å². The molecule has 0 amide bonds. The molecule has 1 rings (SSSR count). The highest BCUT2D eigenvalue weighted by molar-refractivity contribution is 7.85. The van der Waals surface area contributed by atoms with Crippen molar-refractivity contribution in [3.05, 3.63) is 0 Å². The number of alkyl halides is 2. The highest BCUT2D eigenvalue weighted by atomic mass is 32.2. The molecule has 0 atom stereocenters. The molecule has 7 heteroatoms. The molecule has 2 N–H and O–H groups in total. The lowest BCUT2D eigenvalue weighted by molar-refractivity contribution is 0.0242. The highest BCUT2D eigenvalue weighted by Crippen LogP contribution is 2.24. The van der Waals surface area contributed by atoms with E-state index in [0.717, 1.165) is 25.7 Å². The molecular weight excluding hydrogens is 240 g/mol. The number of rotatable bonds is 6. The molecule has 0 bridgehead atoms. The van der Waals surface area contributed by atoms with Crippen LogP contribution in [0.5, 0.6) is 0 Å². The van der Waals surface area contributed by atoms with Gasteiger partial charge in [0.15, 0.2) is 0 Å². The fourth-order valence-electron chi connectivity index (χ4n) is 1.99. The van der Waals surface area contributed by atoms with Crippen LogP contribution in [0.4, 0.5) is 8.78 Å². The Morgan fingerprint density at radius 1 is 1.31 bits per heavy atom. The standard InChI is InChI=1S/C9H17F2NO3S/c10-9(11,7-16(13,14)15)6-12-5-8-3-1-2-4-8/h8,12H,1-7H2,(H,13,14,15). The van der Waals surface area contributed by atoms with Crippen molar-refractivity contribution in [2.24, 2.45) is 5.92 Å². The van der Waals surface area contributed by atoms with Gasteiger partial charge in [0.1, 0.15) is 5.75 Å². The first-order valence-electron chi connectivity index (χ1n) is 5.32. The van der Waals surface area contributed by atoms with Crippen LogP contribution in [-0.2, 0) is 10.1 Å². The van der Waals surface area contributed by atoms with Crippen LogP contribution in [-0.4, -0.2) is 37.7 Å². The zero-order valence-corrected chi connectivity index (χ0v) is 9.77. The van der Waals surface area contributed by atoms with Gasteiger partial charge in [-0.2, -0.15) is 8.42 Å². The van der Waals surface area contributed by atoms with E-state index in [2.05, 4.69) is 5.32 Å². The highest BCUT2D eigenvalue weighted by Gasteiger charge is 2.34. The number of hydrogen-bond acceptors (Lipinski definition) is 3. The lowest BCUT2D eigenvalue weighted by atomic mass is 10.1. The van der Waals surface area contributed by atoms with E-state index >= 15 is 0 Å². The molecule has 1 fully saturated rings. The van der Waals surface area contributed by atoms with Crippen LogP contribution in [0.15, 0.2) is 0 Å². The fraction of sp³-hybridized carbons (Fsp3) is 1.00. The van der Waals surface area contributed by atoms with Crippen LogP contribution < -0.4 is 5.32 Å². The minimum absolute atomic E-state index is 0.418. The maximum atomic E-state index is 13.0. The maximum Gasteiger partial charge on any atom is 0.276 e. The SMILES string of the molecule is O=S(=O)(O)CC(F)(F)CNCC1CCCC1. The van der Waals surface area contributed by atoms with E-state index in [9.17, 15) is 17.2 Å². The molecule has 1 aliphatic rings. The van der Waals surface area contributed by atoms with Gasteiger partial charge in [0.05, 0.1) is 6.54 Å². The monoisotopic (exact) mass is 257 g/mol. The topological polar surface area (TPSA) is 66.4 Å². The van der Waals surface area contributed by atoms with Crippen molar-refractivity contribution in [3.8, 4) is 0 Å². The molecule has 0 unspecified atom stereocenters. The van der Waals surface area contributed by atoms with E-state index in [-0.39, 0.29) is 0 Å². The Bertz CT molecular complexity index is 313. The van der Waals surface area contributed by atoms with Crippen LogP contribution in [0.3, 0.4) is 0 Å². The molecule has 4 nitrogen and oxygen atoms in total. The van der Waals surface area contributed by atoms with E-state index in [1.807, 2.05) is 0 Å². The Morgan fingerprint density at radius 2 is 1.88 bits per heavy atom. The van der Waals surface area contributed by atoms with E-state index in [1.54, 1.807) is 0 Å². The summed E-state index contributed by atoms with van der Waals surface area (Å²) in [6.07, 6.45) is 4.34. The van der Waals surface area contributed by atoms with Crippen molar-refractivity contribution in [3.63, 3.8) is 0 Å². The van der Waals surface area contributed by atoms with Crippen molar-refractivity contribution in [2.75, 3.05) is 18.8 Å². The second-order valence-corrected chi connectivity index (χ2v) is 5.82. The normalized spacial score (nSPS) is 19.2. The van der Waals surface area contributed by atoms with Crippen molar-refractivity contribution >= 4 is 10.1 Å². The quantitative estimate of drug-likeness (QED) is 0.704. The molecule has 1 saturated carbocycles. The molecule has 1 aliphatic carbocycles. The molecule has 0 radical (unpaired) electrons. The minimum atomic E-state index is -4.62. The van der Waals surface area contributed by atoms with Crippen LogP contribution in [0, 0.1) is 5.92 Å². The average molecular weight is 257 g/mol. The third-order valence-corrected chi connectivity index (χ3v) is 3.47. The molecule has 0 spiro atoms. The van der Waals surface area contributed by atoms with Crippen LogP contribution >= 0.6 is 0 Å². The van der Waals surface area contributed by atoms with Gasteiger partial charge in [-0.3, -0.25) is 4.55 Å². The molecule has 0 aliphatic heterocycles. The molecule has 16 heavy (non-hydrogen) atoms. The van der Waals surface area contributed by atoms with Gasteiger partial charge in [0.25, 0.3) is 16.0 Å². The molecule has 96 valence electrons. The van der Waals surface area contributed by atoms with E-state index in [4.69, 9.17) is 4.55 Å². The van der Waals surface area contributed by atoms with Crippen molar-refractivity contribution in [1.29, 1.82) is 0 Å². The van der Waals surface area contributed by atoms with Crippen molar-refractivity contribution < 1.29 is 21.8 Å². The van der Waals surface area contributed by atoms with E-state index < -0.39 is 28.3 Å². The lowest BCUT2D eigenvalue weighted by Crippen LogP contribution is -2.40. The first-order chi connectivity index (χ1) is 7.29. The van der Waals surface area contributed by atoms with Crippen LogP contribution in [0.2, 0.25) is 0 Å². The van der Waals surface area contributed by atoms with Gasteiger partial charge in [0, 0.05) is 0 Å². The summed E-state index contributed by atoms with van der Waals surface area (Å²) in [5, 5.41) is 2.56. The number of nitrogens with one attached hydrogen (secondary N) is 1. The zero-order chi connectivity index (χ0) is 12.2. The number of hydrogen-bond donors (Lipinski definition) is 2. The summed E-state index contributed by atoms with van der Waals surface area (Å²) < 4.78 is 54.9. The predicted molar refractivity (Wildman–Crippen MR) is 56.2 cm³/mol.